The van der Waals surface area contributed by atoms with Gasteiger partial charge in [0.05, 0.1) is 5.75 Å². The second-order valence-electron chi connectivity index (χ2n) is 3.31. The van der Waals surface area contributed by atoms with E-state index in [-0.39, 0.29) is 17.9 Å². The molecule has 2 unspecified atom stereocenters. The summed E-state index contributed by atoms with van der Waals surface area (Å²) in [5.41, 5.74) is 0. The summed E-state index contributed by atoms with van der Waals surface area (Å²) in [5, 5.41) is 0. The summed E-state index contributed by atoms with van der Waals surface area (Å²) in [4.78, 5) is 4.94. The van der Waals surface area contributed by atoms with Crippen molar-refractivity contribution in [3.05, 3.63) is 0 Å². The first-order valence-corrected chi connectivity index (χ1v) is 5.79. The van der Waals surface area contributed by atoms with E-state index in [4.69, 9.17) is 4.84 Å². The zero-order valence-electron chi connectivity index (χ0n) is 7.65. The fourth-order valence-electron chi connectivity index (χ4n) is 1.02. The summed E-state index contributed by atoms with van der Waals surface area (Å²) < 4.78 is 23.7. The van der Waals surface area contributed by atoms with Gasteiger partial charge in [0.1, 0.15) is 0 Å². The molecule has 0 spiro atoms. The van der Waals surface area contributed by atoms with Crippen LogP contribution in [-0.2, 0) is 14.9 Å². The van der Waals surface area contributed by atoms with Crippen LogP contribution in [0.25, 0.3) is 0 Å². The largest absolute Gasteiger partial charge is 0.259 e. The number of nitrogens with zero attached hydrogens (tertiary/aromatic N) is 1. The average molecular weight is 193 g/mol. The second-order valence-corrected chi connectivity index (χ2v) is 5.24. The summed E-state index contributed by atoms with van der Waals surface area (Å²) in [7, 11) is -3.12. The molecule has 0 bridgehead atoms. The van der Waals surface area contributed by atoms with Crippen molar-refractivity contribution in [1.29, 1.82) is 0 Å². The second kappa shape index (κ2) is 3.32. The summed E-state index contributed by atoms with van der Waals surface area (Å²) in [5.74, 6) is 0.410. The van der Waals surface area contributed by atoms with E-state index >= 15 is 0 Å². The monoisotopic (exact) mass is 193 g/mol. The first-order chi connectivity index (χ1) is 5.49. The summed E-state index contributed by atoms with van der Waals surface area (Å²) in [6, 6.07) is 0. The third kappa shape index (κ3) is 1.97. The van der Waals surface area contributed by atoms with E-state index in [1.54, 1.807) is 0 Å². The lowest BCUT2D eigenvalue weighted by molar-refractivity contribution is 0.272. The minimum Gasteiger partial charge on any atom is -0.259 e. The molecule has 4 nitrogen and oxygen atoms in total. The molecule has 0 aromatic rings. The number of rotatable bonds is 4. The molecule has 5 heteroatoms. The smallest absolute Gasteiger partial charge is 0.238 e. The maximum atomic E-state index is 11.3. The summed E-state index contributed by atoms with van der Waals surface area (Å²) in [6.07, 6.45) is 0.411. The molecule has 1 heterocycles. The zero-order chi connectivity index (χ0) is 9.35. The highest BCUT2D eigenvalue weighted by molar-refractivity contribution is 7.89. The molecule has 0 radical (unpaired) electrons. The number of hydroxylamine groups is 1. The minimum absolute atomic E-state index is 0.177. The molecule has 1 aliphatic rings. The van der Waals surface area contributed by atoms with Gasteiger partial charge in [0.2, 0.25) is 10.0 Å². The molecule has 0 aromatic heterocycles. The SMILES string of the molecule is CCCS(=O)(=O)N1OC1C(C)C. The number of hydrogen-bond acceptors (Lipinski definition) is 3. The fourth-order valence-corrected chi connectivity index (χ4v) is 2.49. The molecular formula is C7H15NO3S. The molecular weight excluding hydrogens is 178 g/mol. The van der Waals surface area contributed by atoms with Crippen molar-refractivity contribution >= 4 is 10.0 Å². The minimum atomic E-state index is -3.12. The van der Waals surface area contributed by atoms with Crippen molar-refractivity contribution < 1.29 is 13.3 Å². The quantitative estimate of drug-likeness (QED) is 0.625. The van der Waals surface area contributed by atoms with Crippen molar-refractivity contribution in [3.63, 3.8) is 0 Å². The van der Waals surface area contributed by atoms with Gasteiger partial charge in [0.15, 0.2) is 6.23 Å². The van der Waals surface area contributed by atoms with Crippen molar-refractivity contribution in [2.75, 3.05) is 5.75 Å². The van der Waals surface area contributed by atoms with Crippen molar-refractivity contribution in [2.45, 2.75) is 33.4 Å². The lowest BCUT2D eigenvalue weighted by Gasteiger charge is -2.00. The lowest BCUT2D eigenvalue weighted by Crippen LogP contribution is -2.19. The van der Waals surface area contributed by atoms with E-state index in [0.717, 1.165) is 4.47 Å². The topological polar surface area (TPSA) is 49.7 Å². The summed E-state index contributed by atoms with van der Waals surface area (Å²) >= 11 is 0. The van der Waals surface area contributed by atoms with Gasteiger partial charge in [-0.15, -0.1) is 0 Å². The molecule has 1 rings (SSSR count). The van der Waals surface area contributed by atoms with Crippen LogP contribution in [0.1, 0.15) is 27.2 Å². The van der Waals surface area contributed by atoms with Gasteiger partial charge in [-0.3, -0.25) is 4.84 Å². The average Bonchev–Trinajstić information content (AvgIpc) is 2.63. The van der Waals surface area contributed by atoms with Gasteiger partial charge in [0.25, 0.3) is 0 Å². The van der Waals surface area contributed by atoms with Crippen LogP contribution in [0.5, 0.6) is 0 Å². The maximum Gasteiger partial charge on any atom is 0.238 e. The van der Waals surface area contributed by atoms with Gasteiger partial charge >= 0.3 is 0 Å². The highest BCUT2D eigenvalue weighted by Crippen LogP contribution is 2.31. The Morgan fingerprint density at radius 1 is 1.50 bits per heavy atom. The van der Waals surface area contributed by atoms with E-state index in [1.807, 2.05) is 20.8 Å². The third-order valence-corrected chi connectivity index (χ3v) is 3.45. The Morgan fingerprint density at radius 3 is 2.42 bits per heavy atom. The Morgan fingerprint density at radius 2 is 2.08 bits per heavy atom. The summed E-state index contributed by atoms with van der Waals surface area (Å²) in [6.45, 7) is 5.71. The Kier molecular flexibility index (Phi) is 2.75. The predicted molar refractivity (Wildman–Crippen MR) is 45.6 cm³/mol. The normalized spacial score (nSPS) is 29.3. The van der Waals surface area contributed by atoms with Gasteiger partial charge in [-0.2, -0.15) is 0 Å². The van der Waals surface area contributed by atoms with E-state index in [0.29, 0.717) is 6.42 Å². The van der Waals surface area contributed by atoms with Crippen molar-refractivity contribution in [2.24, 2.45) is 5.92 Å². The molecule has 1 fully saturated rings. The van der Waals surface area contributed by atoms with Crippen molar-refractivity contribution in [1.82, 2.24) is 4.47 Å². The van der Waals surface area contributed by atoms with Crippen LogP contribution in [0, 0.1) is 5.92 Å². The molecule has 0 aromatic carbocycles. The zero-order valence-corrected chi connectivity index (χ0v) is 8.47. The van der Waals surface area contributed by atoms with Gasteiger partial charge in [-0.1, -0.05) is 20.8 Å². The van der Waals surface area contributed by atoms with Gasteiger partial charge in [-0.05, 0) is 16.8 Å². The van der Waals surface area contributed by atoms with Crippen LogP contribution >= 0.6 is 0 Å². The molecule has 2 atom stereocenters. The molecule has 72 valence electrons. The molecule has 0 saturated carbocycles. The maximum absolute atomic E-state index is 11.3. The predicted octanol–water partition coefficient (Wildman–Crippen LogP) is 0.956. The highest BCUT2D eigenvalue weighted by atomic mass is 32.2. The van der Waals surface area contributed by atoms with Crippen LogP contribution in [-0.4, -0.2) is 24.9 Å². The fraction of sp³-hybridized carbons (Fsp3) is 1.00. The van der Waals surface area contributed by atoms with Gasteiger partial charge < -0.3 is 0 Å². The Bertz CT molecular complexity index is 247. The molecule has 0 N–H and O–H groups in total. The van der Waals surface area contributed by atoms with E-state index < -0.39 is 10.0 Å². The third-order valence-electron chi connectivity index (χ3n) is 1.68. The van der Waals surface area contributed by atoms with E-state index in [1.165, 1.54) is 0 Å². The molecule has 1 saturated heterocycles. The highest BCUT2D eigenvalue weighted by Gasteiger charge is 2.47. The Balaban J connectivity index is 2.52. The van der Waals surface area contributed by atoms with E-state index in [2.05, 4.69) is 0 Å². The molecule has 0 amide bonds. The Hall–Kier alpha value is -0.130. The van der Waals surface area contributed by atoms with Gasteiger partial charge in [-0.25, -0.2) is 8.42 Å². The van der Waals surface area contributed by atoms with Crippen LogP contribution in [0.4, 0.5) is 0 Å². The van der Waals surface area contributed by atoms with Gasteiger partial charge in [0, 0.05) is 0 Å². The number of hydrogen-bond donors (Lipinski definition) is 0. The van der Waals surface area contributed by atoms with E-state index in [9.17, 15) is 8.42 Å². The standard InChI is InChI=1S/C7H15NO3S/c1-4-5-12(9,10)8-7(11-8)6(2)3/h6-7H,4-5H2,1-3H3. The van der Waals surface area contributed by atoms with Crippen molar-refractivity contribution in [3.8, 4) is 0 Å². The molecule has 1 aliphatic heterocycles. The van der Waals surface area contributed by atoms with Crippen LogP contribution in [0.2, 0.25) is 0 Å². The Labute approximate surface area is 73.5 Å². The number of sulfonamides is 1. The lowest BCUT2D eigenvalue weighted by atomic mass is 10.2. The first kappa shape index (κ1) is 9.95. The van der Waals surface area contributed by atoms with Crippen LogP contribution in [0.15, 0.2) is 0 Å². The van der Waals surface area contributed by atoms with Crippen LogP contribution in [0.3, 0.4) is 0 Å². The molecule has 12 heavy (non-hydrogen) atoms. The molecule has 0 aliphatic carbocycles. The van der Waals surface area contributed by atoms with Crippen LogP contribution < -0.4 is 0 Å². The first-order valence-electron chi connectivity index (χ1n) is 4.18.